The Kier molecular flexibility index (Phi) is 7.06. The van der Waals surface area contributed by atoms with Gasteiger partial charge in [-0.25, -0.2) is 4.79 Å². The first kappa shape index (κ1) is 18.3. The van der Waals surface area contributed by atoms with Crippen LogP contribution < -0.4 is 16.0 Å². The van der Waals surface area contributed by atoms with Crippen LogP contribution >= 0.6 is 0 Å². The number of aryl methyl sites for hydroxylation is 1. The maximum atomic E-state index is 12.4. The van der Waals surface area contributed by atoms with Crippen LogP contribution in [0.2, 0.25) is 0 Å². The minimum atomic E-state index is -0.131. The first-order chi connectivity index (χ1) is 11.6. The normalized spacial score (nSPS) is 17.4. The number of piperidine rings is 1. The lowest BCUT2D eigenvalue weighted by atomic mass is 9.97. The summed E-state index contributed by atoms with van der Waals surface area (Å²) in [4.78, 5) is 26.4. The predicted molar refractivity (Wildman–Crippen MR) is 96.0 cm³/mol. The van der Waals surface area contributed by atoms with Crippen LogP contribution in [0.15, 0.2) is 24.3 Å². The molecule has 1 saturated heterocycles. The summed E-state index contributed by atoms with van der Waals surface area (Å²) in [6.07, 6.45) is 2.61. The maximum Gasteiger partial charge on any atom is 0.321 e. The molecule has 2 rings (SSSR count). The monoisotopic (exact) mass is 332 g/mol. The van der Waals surface area contributed by atoms with Gasteiger partial charge in [0.25, 0.3) is 0 Å². The lowest BCUT2D eigenvalue weighted by Gasteiger charge is -2.32. The Balaban J connectivity index is 1.83. The lowest BCUT2D eigenvalue weighted by Crippen LogP contribution is -2.47. The molecule has 1 aliphatic rings. The Morgan fingerprint density at radius 1 is 1.29 bits per heavy atom. The molecule has 0 aromatic heterocycles. The third-order valence-corrected chi connectivity index (χ3v) is 4.25. The molecule has 132 valence electrons. The second kappa shape index (κ2) is 9.27. The van der Waals surface area contributed by atoms with Crippen molar-refractivity contribution in [1.29, 1.82) is 0 Å². The van der Waals surface area contributed by atoms with Gasteiger partial charge in [-0.3, -0.25) is 4.79 Å². The number of likely N-dealkylation sites (tertiary alicyclic amines) is 1. The molecule has 1 aliphatic heterocycles. The zero-order valence-electron chi connectivity index (χ0n) is 14.6. The number of nitrogens with one attached hydrogen (secondary N) is 3. The minimum absolute atomic E-state index is 0.0548. The van der Waals surface area contributed by atoms with Crippen molar-refractivity contribution in [2.45, 2.75) is 26.2 Å². The first-order valence-electron chi connectivity index (χ1n) is 8.65. The van der Waals surface area contributed by atoms with Gasteiger partial charge in [0.2, 0.25) is 5.91 Å². The number of carbonyl (C=O) groups is 2. The molecule has 0 spiro atoms. The summed E-state index contributed by atoms with van der Waals surface area (Å²) in [6.45, 7) is 4.73. The number of nitrogens with zero attached hydrogens (tertiary/aromatic N) is 1. The number of hydrogen-bond donors (Lipinski definition) is 3. The predicted octanol–water partition coefficient (Wildman–Crippen LogP) is 1.96. The molecule has 1 aromatic rings. The molecule has 0 saturated carbocycles. The van der Waals surface area contributed by atoms with Crippen LogP contribution in [0.4, 0.5) is 10.5 Å². The van der Waals surface area contributed by atoms with E-state index in [0.29, 0.717) is 19.6 Å². The Morgan fingerprint density at radius 2 is 2.12 bits per heavy atom. The topological polar surface area (TPSA) is 73.5 Å². The Bertz CT molecular complexity index is 562. The van der Waals surface area contributed by atoms with Crippen LogP contribution in [-0.4, -0.2) is 50.1 Å². The quantitative estimate of drug-likeness (QED) is 0.697. The zero-order valence-corrected chi connectivity index (χ0v) is 14.6. The van der Waals surface area contributed by atoms with Crippen LogP contribution in [-0.2, 0) is 4.79 Å². The van der Waals surface area contributed by atoms with E-state index in [1.807, 2.05) is 38.2 Å². The van der Waals surface area contributed by atoms with Crippen molar-refractivity contribution in [3.05, 3.63) is 29.8 Å². The van der Waals surface area contributed by atoms with Crippen LogP contribution in [0.3, 0.4) is 0 Å². The number of benzene rings is 1. The van der Waals surface area contributed by atoms with Crippen LogP contribution in [0, 0.1) is 12.8 Å². The van der Waals surface area contributed by atoms with Crippen molar-refractivity contribution < 1.29 is 9.59 Å². The summed E-state index contributed by atoms with van der Waals surface area (Å²) in [5, 5.41) is 8.94. The lowest BCUT2D eigenvalue weighted by molar-refractivity contribution is -0.126. The number of amides is 3. The highest BCUT2D eigenvalue weighted by Gasteiger charge is 2.28. The van der Waals surface area contributed by atoms with Gasteiger partial charge < -0.3 is 20.9 Å². The summed E-state index contributed by atoms with van der Waals surface area (Å²) < 4.78 is 0. The standard InChI is InChI=1S/C18H28N4O2/c1-14-6-3-8-16(12-14)21-18(24)22-11-4-7-15(13-22)17(23)20-10-5-9-19-2/h3,6,8,12,15,19H,4-5,7,9-11,13H2,1-2H3,(H,20,23)(H,21,24). The molecule has 0 aliphatic carbocycles. The van der Waals surface area contributed by atoms with E-state index in [9.17, 15) is 9.59 Å². The van der Waals surface area contributed by atoms with E-state index in [1.165, 1.54) is 0 Å². The highest BCUT2D eigenvalue weighted by molar-refractivity contribution is 5.90. The van der Waals surface area contributed by atoms with Gasteiger partial charge in [0.15, 0.2) is 0 Å². The number of rotatable bonds is 6. The van der Waals surface area contributed by atoms with Crippen LogP contribution in [0.25, 0.3) is 0 Å². The van der Waals surface area contributed by atoms with E-state index in [4.69, 9.17) is 0 Å². The summed E-state index contributed by atoms with van der Waals surface area (Å²) in [7, 11) is 1.90. The van der Waals surface area contributed by atoms with E-state index < -0.39 is 0 Å². The fourth-order valence-electron chi connectivity index (χ4n) is 2.92. The van der Waals surface area contributed by atoms with Crippen molar-refractivity contribution in [3.8, 4) is 0 Å². The van der Waals surface area contributed by atoms with Crippen molar-refractivity contribution in [2.75, 3.05) is 38.5 Å². The van der Waals surface area contributed by atoms with Gasteiger partial charge >= 0.3 is 6.03 Å². The van der Waals surface area contributed by atoms with Gasteiger partial charge in [-0.1, -0.05) is 12.1 Å². The molecule has 1 atom stereocenters. The molecule has 24 heavy (non-hydrogen) atoms. The SMILES string of the molecule is CNCCCNC(=O)C1CCCN(C(=O)Nc2cccc(C)c2)C1. The molecular weight excluding hydrogens is 304 g/mol. The van der Waals surface area contributed by atoms with Gasteiger partial charge in [-0.2, -0.15) is 0 Å². The van der Waals surface area contributed by atoms with Gasteiger partial charge in [-0.15, -0.1) is 0 Å². The van der Waals surface area contributed by atoms with Crippen molar-refractivity contribution in [2.24, 2.45) is 5.92 Å². The maximum absolute atomic E-state index is 12.4. The first-order valence-corrected chi connectivity index (χ1v) is 8.65. The van der Waals surface area contributed by atoms with Gasteiger partial charge in [0, 0.05) is 25.3 Å². The van der Waals surface area contributed by atoms with E-state index >= 15 is 0 Å². The van der Waals surface area contributed by atoms with Gasteiger partial charge in [-0.05, 0) is 57.5 Å². The van der Waals surface area contributed by atoms with Crippen molar-refractivity contribution >= 4 is 17.6 Å². The summed E-state index contributed by atoms with van der Waals surface area (Å²) >= 11 is 0. The van der Waals surface area contributed by atoms with Gasteiger partial charge in [0.05, 0.1) is 5.92 Å². The molecule has 0 bridgehead atoms. The average molecular weight is 332 g/mol. The minimum Gasteiger partial charge on any atom is -0.356 e. The average Bonchev–Trinajstić information content (AvgIpc) is 2.58. The molecule has 6 nitrogen and oxygen atoms in total. The zero-order chi connectivity index (χ0) is 17.4. The molecular formula is C18H28N4O2. The van der Waals surface area contributed by atoms with Gasteiger partial charge in [0.1, 0.15) is 0 Å². The second-order valence-corrected chi connectivity index (χ2v) is 6.33. The molecule has 6 heteroatoms. The third kappa shape index (κ3) is 5.53. The van der Waals surface area contributed by atoms with E-state index in [1.54, 1.807) is 4.90 Å². The molecule has 0 radical (unpaired) electrons. The Hall–Kier alpha value is -2.08. The smallest absolute Gasteiger partial charge is 0.321 e. The second-order valence-electron chi connectivity index (χ2n) is 6.33. The molecule has 3 N–H and O–H groups in total. The number of hydrogen-bond acceptors (Lipinski definition) is 3. The van der Waals surface area contributed by atoms with E-state index in [-0.39, 0.29) is 17.9 Å². The molecule has 1 aromatic carbocycles. The highest BCUT2D eigenvalue weighted by Crippen LogP contribution is 2.18. The number of anilines is 1. The fraction of sp³-hybridized carbons (Fsp3) is 0.556. The largest absolute Gasteiger partial charge is 0.356 e. The molecule has 1 unspecified atom stereocenters. The van der Waals surface area contributed by atoms with Crippen molar-refractivity contribution in [1.82, 2.24) is 15.5 Å². The Labute approximate surface area is 144 Å². The Morgan fingerprint density at radius 3 is 2.88 bits per heavy atom. The van der Waals surface area contributed by atoms with E-state index in [2.05, 4.69) is 16.0 Å². The number of carbonyl (C=O) groups excluding carboxylic acids is 2. The molecule has 1 fully saturated rings. The van der Waals surface area contributed by atoms with Crippen LogP contribution in [0.5, 0.6) is 0 Å². The van der Waals surface area contributed by atoms with Crippen LogP contribution in [0.1, 0.15) is 24.8 Å². The number of urea groups is 1. The summed E-state index contributed by atoms with van der Waals surface area (Å²) in [6, 6.07) is 7.59. The third-order valence-electron chi connectivity index (χ3n) is 4.25. The van der Waals surface area contributed by atoms with E-state index in [0.717, 1.165) is 37.1 Å². The molecule has 3 amide bonds. The molecule has 1 heterocycles. The van der Waals surface area contributed by atoms with Crippen molar-refractivity contribution in [3.63, 3.8) is 0 Å². The summed E-state index contributed by atoms with van der Waals surface area (Å²) in [5.41, 5.74) is 1.89. The fourth-order valence-corrected chi connectivity index (χ4v) is 2.92. The highest BCUT2D eigenvalue weighted by atomic mass is 16.2. The summed E-state index contributed by atoms with van der Waals surface area (Å²) in [5.74, 6) is -0.0595.